The topological polar surface area (TPSA) is 24.9 Å². The van der Waals surface area contributed by atoms with E-state index in [4.69, 9.17) is 0 Å². The molecule has 0 saturated carbocycles. The van der Waals surface area contributed by atoms with Crippen LogP contribution in [0.15, 0.2) is 29.8 Å². The van der Waals surface area contributed by atoms with Crippen molar-refractivity contribution in [3.05, 3.63) is 52.0 Å². The van der Waals surface area contributed by atoms with Crippen molar-refractivity contribution in [1.82, 2.24) is 10.3 Å². The molecule has 1 atom stereocenters. The van der Waals surface area contributed by atoms with Crippen LogP contribution < -0.4 is 5.32 Å². The van der Waals surface area contributed by atoms with Gasteiger partial charge in [0, 0.05) is 29.6 Å². The van der Waals surface area contributed by atoms with E-state index in [1.165, 1.54) is 29.5 Å². The molecule has 2 rings (SSSR count). The first-order valence-electron chi connectivity index (χ1n) is 6.28. The van der Waals surface area contributed by atoms with Crippen molar-refractivity contribution in [2.45, 2.75) is 25.8 Å². The monoisotopic (exact) mass is 282 g/mol. The summed E-state index contributed by atoms with van der Waals surface area (Å²) in [5, 5.41) is 5.93. The molecule has 5 heteroatoms. The Labute approximate surface area is 115 Å². The summed E-state index contributed by atoms with van der Waals surface area (Å²) in [4.78, 5) is 4.18. The number of nitrogens with zero attached hydrogens (tertiary/aromatic N) is 1. The zero-order valence-corrected chi connectivity index (χ0v) is 11.5. The quantitative estimate of drug-likeness (QED) is 0.873. The van der Waals surface area contributed by atoms with Crippen LogP contribution in [-0.2, 0) is 6.42 Å². The number of nitrogens with one attached hydrogen (secondary N) is 1. The van der Waals surface area contributed by atoms with Crippen molar-refractivity contribution in [3.8, 4) is 0 Å². The summed E-state index contributed by atoms with van der Waals surface area (Å²) in [7, 11) is 0. The molecule has 1 aromatic heterocycles. The van der Waals surface area contributed by atoms with Crippen molar-refractivity contribution in [2.24, 2.45) is 0 Å². The Kier molecular flexibility index (Phi) is 4.99. The van der Waals surface area contributed by atoms with Crippen LogP contribution in [-0.4, -0.2) is 11.5 Å². The predicted octanol–water partition coefficient (Wildman–Crippen LogP) is 3.70. The van der Waals surface area contributed by atoms with Crippen LogP contribution in [0.4, 0.5) is 8.78 Å². The molecule has 0 fully saturated rings. The Bertz CT molecular complexity index is 494. The number of halogens is 2. The first kappa shape index (κ1) is 14.1. The molecule has 1 aromatic carbocycles. The van der Waals surface area contributed by atoms with Gasteiger partial charge in [-0.2, -0.15) is 0 Å². The minimum Gasteiger partial charge on any atom is -0.309 e. The van der Waals surface area contributed by atoms with Gasteiger partial charge in [0.2, 0.25) is 0 Å². The molecular formula is C14H16F2N2S. The summed E-state index contributed by atoms with van der Waals surface area (Å²) in [5.41, 5.74) is 0.103. The van der Waals surface area contributed by atoms with Crippen molar-refractivity contribution in [2.75, 3.05) is 6.54 Å². The molecule has 1 N–H and O–H groups in total. The fourth-order valence-corrected chi connectivity index (χ4v) is 2.63. The van der Waals surface area contributed by atoms with Crippen LogP contribution >= 0.6 is 11.3 Å². The van der Waals surface area contributed by atoms with E-state index >= 15 is 0 Å². The van der Waals surface area contributed by atoms with E-state index in [0.717, 1.165) is 11.4 Å². The Morgan fingerprint density at radius 3 is 2.63 bits per heavy atom. The van der Waals surface area contributed by atoms with Crippen LogP contribution in [0.1, 0.15) is 30.0 Å². The number of rotatable bonds is 6. The van der Waals surface area contributed by atoms with E-state index in [0.29, 0.717) is 13.0 Å². The number of hydrogen-bond acceptors (Lipinski definition) is 3. The summed E-state index contributed by atoms with van der Waals surface area (Å²) in [5.74, 6) is -1.02. The number of hydrogen-bond donors (Lipinski definition) is 1. The van der Waals surface area contributed by atoms with Gasteiger partial charge in [-0.15, -0.1) is 11.3 Å². The Morgan fingerprint density at radius 1 is 1.32 bits per heavy atom. The molecule has 0 bridgehead atoms. The van der Waals surface area contributed by atoms with Gasteiger partial charge in [-0.3, -0.25) is 0 Å². The zero-order valence-electron chi connectivity index (χ0n) is 10.7. The smallest absolute Gasteiger partial charge is 0.130 e. The molecule has 0 saturated heterocycles. The second-order valence-corrected chi connectivity index (χ2v) is 5.25. The summed E-state index contributed by atoms with van der Waals surface area (Å²) >= 11 is 1.50. The molecule has 0 spiro atoms. The van der Waals surface area contributed by atoms with Gasteiger partial charge in [-0.1, -0.05) is 13.0 Å². The Balaban J connectivity index is 2.26. The molecule has 2 nitrogen and oxygen atoms in total. The third kappa shape index (κ3) is 3.58. The lowest BCUT2D eigenvalue weighted by Crippen LogP contribution is -2.26. The largest absolute Gasteiger partial charge is 0.309 e. The minimum absolute atomic E-state index is 0.103. The third-order valence-electron chi connectivity index (χ3n) is 2.85. The van der Waals surface area contributed by atoms with E-state index < -0.39 is 11.6 Å². The molecule has 1 heterocycles. The SMILES string of the molecule is CCCNC(Cc1nccs1)c1c(F)cccc1F. The average Bonchev–Trinajstić information content (AvgIpc) is 2.88. The average molecular weight is 282 g/mol. The van der Waals surface area contributed by atoms with Gasteiger partial charge in [-0.25, -0.2) is 13.8 Å². The zero-order chi connectivity index (χ0) is 13.7. The molecule has 2 aromatic rings. The van der Waals surface area contributed by atoms with Gasteiger partial charge in [0.05, 0.1) is 5.01 Å². The molecule has 0 radical (unpaired) electrons. The van der Waals surface area contributed by atoms with E-state index in [1.54, 1.807) is 6.20 Å². The second-order valence-electron chi connectivity index (χ2n) is 4.27. The normalized spacial score (nSPS) is 12.6. The van der Waals surface area contributed by atoms with Crippen molar-refractivity contribution < 1.29 is 8.78 Å². The van der Waals surface area contributed by atoms with E-state index in [9.17, 15) is 8.78 Å². The summed E-state index contributed by atoms with van der Waals surface area (Å²) in [6.07, 6.45) is 3.11. The van der Waals surface area contributed by atoms with Gasteiger partial charge < -0.3 is 5.32 Å². The third-order valence-corrected chi connectivity index (χ3v) is 3.65. The van der Waals surface area contributed by atoms with Gasteiger partial charge in [0.15, 0.2) is 0 Å². The van der Waals surface area contributed by atoms with Gasteiger partial charge in [-0.05, 0) is 25.1 Å². The Hall–Kier alpha value is -1.33. The fourth-order valence-electron chi connectivity index (χ4n) is 1.97. The minimum atomic E-state index is -0.509. The highest BCUT2D eigenvalue weighted by atomic mass is 32.1. The molecule has 0 aliphatic heterocycles. The Morgan fingerprint density at radius 2 is 2.05 bits per heavy atom. The lowest BCUT2D eigenvalue weighted by molar-refractivity contribution is 0.464. The first-order valence-corrected chi connectivity index (χ1v) is 7.16. The number of benzene rings is 1. The standard InChI is InChI=1S/C14H16F2N2S/c1-2-6-17-12(9-13-18-7-8-19-13)14-10(15)4-3-5-11(14)16/h3-5,7-8,12,17H,2,6,9H2,1H3. The molecular weight excluding hydrogens is 266 g/mol. The molecule has 0 amide bonds. The van der Waals surface area contributed by atoms with Crippen molar-refractivity contribution >= 4 is 11.3 Å². The molecule has 102 valence electrons. The summed E-state index contributed by atoms with van der Waals surface area (Å²) in [6.45, 7) is 2.73. The van der Waals surface area contributed by atoms with Crippen LogP contribution in [0.3, 0.4) is 0 Å². The fraction of sp³-hybridized carbons (Fsp3) is 0.357. The molecule has 0 aliphatic carbocycles. The maximum Gasteiger partial charge on any atom is 0.130 e. The van der Waals surface area contributed by atoms with E-state index in [-0.39, 0.29) is 11.6 Å². The van der Waals surface area contributed by atoms with Gasteiger partial charge in [0.25, 0.3) is 0 Å². The molecule has 19 heavy (non-hydrogen) atoms. The maximum absolute atomic E-state index is 13.9. The maximum atomic E-state index is 13.9. The lowest BCUT2D eigenvalue weighted by atomic mass is 10.0. The first-order chi connectivity index (χ1) is 9.22. The van der Waals surface area contributed by atoms with Gasteiger partial charge in [0.1, 0.15) is 11.6 Å². The number of aromatic nitrogens is 1. The number of thiazole rings is 1. The predicted molar refractivity (Wildman–Crippen MR) is 73.2 cm³/mol. The molecule has 1 unspecified atom stereocenters. The highest BCUT2D eigenvalue weighted by Crippen LogP contribution is 2.24. The van der Waals surface area contributed by atoms with Gasteiger partial charge >= 0.3 is 0 Å². The summed E-state index contributed by atoms with van der Waals surface area (Å²) in [6, 6.07) is 3.59. The highest BCUT2D eigenvalue weighted by molar-refractivity contribution is 7.09. The van der Waals surface area contributed by atoms with E-state index in [1.807, 2.05) is 12.3 Å². The van der Waals surface area contributed by atoms with E-state index in [2.05, 4.69) is 10.3 Å². The van der Waals surface area contributed by atoms with Crippen LogP contribution in [0.5, 0.6) is 0 Å². The highest BCUT2D eigenvalue weighted by Gasteiger charge is 2.20. The van der Waals surface area contributed by atoms with Crippen LogP contribution in [0, 0.1) is 11.6 Å². The van der Waals surface area contributed by atoms with Crippen molar-refractivity contribution in [1.29, 1.82) is 0 Å². The lowest BCUT2D eigenvalue weighted by Gasteiger charge is -2.19. The second kappa shape index (κ2) is 6.73. The van der Waals surface area contributed by atoms with Crippen molar-refractivity contribution in [3.63, 3.8) is 0 Å². The summed E-state index contributed by atoms with van der Waals surface area (Å²) < 4.78 is 27.7. The van der Waals surface area contributed by atoms with Crippen LogP contribution in [0.25, 0.3) is 0 Å². The molecule has 0 aliphatic rings. The van der Waals surface area contributed by atoms with Crippen LogP contribution in [0.2, 0.25) is 0 Å².